The zero-order chi connectivity index (χ0) is 19.1. The highest BCUT2D eigenvalue weighted by atomic mass is 32.1. The number of hydrogen-bond acceptors (Lipinski definition) is 5. The lowest BCUT2D eigenvalue weighted by molar-refractivity contribution is 0.0949. The minimum atomic E-state index is -0.0247. The Balaban J connectivity index is 1.38. The van der Waals surface area contributed by atoms with E-state index in [-0.39, 0.29) is 5.91 Å². The van der Waals surface area contributed by atoms with Gasteiger partial charge in [0.15, 0.2) is 0 Å². The second-order valence-electron chi connectivity index (χ2n) is 7.16. The topological polar surface area (TPSA) is 54.5 Å². The average Bonchev–Trinajstić information content (AvgIpc) is 3.10. The van der Waals surface area contributed by atoms with Crippen LogP contribution in [0.5, 0.6) is 5.75 Å². The van der Waals surface area contributed by atoms with Crippen LogP contribution in [0, 0.1) is 6.92 Å². The molecule has 0 bridgehead atoms. The lowest BCUT2D eigenvalue weighted by Crippen LogP contribution is -2.39. The van der Waals surface area contributed by atoms with Crippen LogP contribution in [0.25, 0.3) is 0 Å². The number of thiazole rings is 1. The van der Waals surface area contributed by atoms with Crippen LogP contribution in [-0.4, -0.2) is 41.5 Å². The molecule has 1 aromatic heterocycles. The van der Waals surface area contributed by atoms with E-state index >= 15 is 0 Å². The average molecular weight is 388 g/mol. The van der Waals surface area contributed by atoms with E-state index in [9.17, 15) is 4.79 Å². The van der Waals surface area contributed by atoms with Gasteiger partial charge in [0.25, 0.3) is 5.91 Å². The summed E-state index contributed by atoms with van der Waals surface area (Å²) >= 11 is 1.62. The highest BCUT2D eigenvalue weighted by molar-refractivity contribution is 7.09. The maximum absolute atomic E-state index is 12.3. The van der Waals surface area contributed by atoms with Crippen molar-refractivity contribution in [3.05, 3.63) is 45.9 Å². The van der Waals surface area contributed by atoms with Gasteiger partial charge in [-0.2, -0.15) is 0 Å². The fourth-order valence-corrected chi connectivity index (χ4v) is 4.01. The van der Waals surface area contributed by atoms with Gasteiger partial charge in [-0.15, -0.1) is 11.3 Å². The van der Waals surface area contributed by atoms with E-state index in [0.29, 0.717) is 24.8 Å². The minimum absolute atomic E-state index is 0.0247. The van der Waals surface area contributed by atoms with Gasteiger partial charge in [0.2, 0.25) is 0 Å². The Morgan fingerprint density at radius 3 is 2.85 bits per heavy atom. The van der Waals surface area contributed by atoms with Crippen LogP contribution in [-0.2, 0) is 6.61 Å². The zero-order valence-corrected chi connectivity index (χ0v) is 17.1. The predicted octanol–water partition coefficient (Wildman–Crippen LogP) is 4.02. The van der Waals surface area contributed by atoms with Crippen LogP contribution in [0.2, 0.25) is 0 Å². The van der Waals surface area contributed by atoms with Crippen LogP contribution >= 0.6 is 11.3 Å². The molecule has 0 spiro atoms. The van der Waals surface area contributed by atoms with Crippen LogP contribution < -0.4 is 10.1 Å². The molecule has 1 aliphatic rings. The second-order valence-corrected chi connectivity index (χ2v) is 8.22. The van der Waals surface area contributed by atoms with Crippen molar-refractivity contribution < 1.29 is 9.53 Å². The smallest absolute Gasteiger partial charge is 0.251 e. The molecule has 0 aliphatic carbocycles. The van der Waals surface area contributed by atoms with Crippen molar-refractivity contribution in [2.75, 3.05) is 19.6 Å². The molecular formula is C21H29N3O2S. The summed E-state index contributed by atoms with van der Waals surface area (Å²) in [5.41, 5.74) is 1.60. The predicted molar refractivity (Wildman–Crippen MR) is 109 cm³/mol. The highest BCUT2D eigenvalue weighted by Crippen LogP contribution is 2.17. The molecular weight excluding hydrogens is 358 g/mol. The summed E-state index contributed by atoms with van der Waals surface area (Å²) in [6, 6.07) is 7.97. The lowest BCUT2D eigenvalue weighted by atomic mass is 10.0. The summed E-state index contributed by atoms with van der Waals surface area (Å²) in [7, 11) is 0. The first kappa shape index (κ1) is 19.8. The Bertz CT molecular complexity index is 729. The molecule has 1 aromatic carbocycles. The van der Waals surface area contributed by atoms with Gasteiger partial charge in [0.1, 0.15) is 12.4 Å². The van der Waals surface area contributed by atoms with E-state index in [1.165, 1.54) is 25.8 Å². The molecule has 27 heavy (non-hydrogen) atoms. The van der Waals surface area contributed by atoms with Crippen LogP contribution in [0.15, 0.2) is 29.6 Å². The molecule has 6 heteroatoms. The first-order valence-corrected chi connectivity index (χ1v) is 10.7. The van der Waals surface area contributed by atoms with E-state index in [0.717, 1.165) is 29.4 Å². The zero-order valence-electron chi connectivity index (χ0n) is 16.2. The van der Waals surface area contributed by atoms with E-state index in [1.807, 2.05) is 36.6 Å². The Hall–Kier alpha value is -1.92. The second kappa shape index (κ2) is 9.85. The fraction of sp³-hybridized carbons (Fsp3) is 0.524. The van der Waals surface area contributed by atoms with Crippen LogP contribution in [0.4, 0.5) is 0 Å². The number of nitrogens with one attached hydrogen (secondary N) is 1. The number of carbonyl (C=O) groups is 1. The summed E-state index contributed by atoms with van der Waals surface area (Å²) in [5.74, 6) is 0.722. The third-order valence-electron chi connectivity index (χ3n) is 5.02. The molecule has 1 atom stereocenters. The minimum Gasteiger partial charge on any atom is -0.487 e. The fourth-order valence-electron chi connectivity index (χ4n) is 3.41. The number of nitrogens with zero attached hydrogens (tertiary/aromatic N) is 2. The number of amides is 1. The van der Waals surface area contributed by atoms with Crippen molar-refractivity contribution in [3.8, 4) is 5.75 Å². The van der Waals surface area contributed by atoms with Crippen molar-refractivity contribution >= 4 is 17.2 Å². The van der Waals surface area contributed by atoms with Crippen molar-refractivity contribution in [1.29, 1.82) is 0 Å². The van der Waals surface area contributed by atoms with Gasteiger partial charge in [-0.1, -0.05) is 6.42 Å². The van der Waals surface area contributed by atoms with Gasteiger partial charge < -0.3 is 15.0 Å². The maximum Gasteiger partial charge on any atom is 0.251 e. The first-order valence-electron chi connectivity index (χ1n) is 9.78. The molecule has 1 fully saturated rings. The van der Waals surface area contributed by atoms with Crippen LogP contribution in [0.1, 0.15) is 53.7 Å². The highest BCUT2D eigenvalue weighted by Gasteiger charge is 2.17. The summed E-state index contributed by atoms with van der Waals surface area (Å²) < 4.78 is 5.72. The van der Waals surface area contributed by atoms with Crippen molar-refractivity contribution in [2.24, 2.45) is 0 Å². The number of piperidine rings is 1. The van der Waals surface area contributed by atoms with Crippen molar-refractivity contribution in [2.45, 2.75) is 52.2 Å². The molecule has 2 aromatic rings. The SMILES string of the molecule is Cc1nc(COc2ccc(C(=O)NCCCN3CCCC[C@@H]3C)cc2)cs1. The normalized spacial score (nSPS) is 17.6. The Labute approximate surface area is 165 Å². The van der Waals surface area contributed by atoms with E-state index in [4.69, 9.17) is 4.74 Å². The molecule has 2 heterocycles. The van der Waals surface area contributed by atoms with Gasteiger partial charge in [-0.25, -0.2) is 4.98 Å². The molecule has 0 saturated carbocycles. The van der Waals surface area contributed by atoms with Gasteiger partial charge >= 0.3 is 0 Å². The number of likely N-dealkylation sites (tertiary alicyclic amines) is 1. The Morgan fingerprint density at radius 2 is 2.15 bits per heavy atom. The number of hydrogen-bond donors (Lipinski definition) is 1. The van der Waals surface area contributed by atoms with Crippen LogP contribution in [0.3, 0.4) is 0 Å². The molecule has 1 amide bonds. The quantitative estimate of drug-likeness (QED) is 0.695. The van der Waals surface area contributed by atoms with Gasteiger partial charge in [0.05, 0.1) is 10.7 Å². The Morgan fingerprint density at radius 1 is 1.33 bits per heavy atom. The molecule has 3 rings (SSSR count). The molecule has 5 nitrogen and oxygen atoms in total. The summed E-state index contributed by atoms with van der Waals surface area (Å²) in [4.78, 5) is 19.2. The third-order valence-corrected chi connectivity index (χ3v) is 5.84. The number of aryl methyl sites for hydroxylation is 1. The summed E-state index contributed by atoms with van der Waals surface area (Å²) in [5, 5.41) is 6.06. The van der Waals surface area contributed by atoms with Crippen molar-refractivity contribution in [3.63, 3.8) is 0 Å². The number of benzene rings is 1. The lowest BCUT2D eigenvalue weighted by Gasteiger charge is -2.33. The number of ether oxygens (including phenoxy) is 1. The number of carbonyl (C=O) groups excluding carboxylic acids is 1. The molecule has 1 aliphatic heterocycles. The molecule has 146 valence electrons. The standard InChI is InChI=1S/C21H29N3O2S/c1-16-6-3-4-12-24(16)13-5-11-22-21(25)18-7-9-20(10-8-18)26-14-19-15-27-17(2)23-19/h7-10,15-16H,3-6,11-14H2,1-2H3,(H,22,25)/t16-/m0/s1. The van der Waals surface area contributed by atoms with Gasteiger partial charge in [-0.3, -0.25) is 4.79 Å². The summed E-state index contributed by atoms with van der Waals surface area (Å²) in [6.45, 7) is 7.70. The Kier molecular flexibility index (Phi) is 7.24. The number of rotatable bonds is 8. The summed E-state index contributed by atoms with van der Waals surface area (Å²) in [6.07, 6.45) is 4.93. The van der Waals surface area contributed by atoms with Crippen molar-refractivity contribution in [1.82, 2.24) is 15.2 Å². The monoisotopic (exact) mass is 387 g/mol. The van der Waals surface area contributed by atoms with Gasteiger partial charge in [0, 0.05) is 30.1 Å². The van der Waals surface area contributed by atoms with E-state index in [2.05, 4.69) is 22.1 Å². The maximum atomic E-state index is 12.3. The molecule has 0 unspecified atom stereocenters. The van der Waals surface area contributed by atoms with E-state index in [1.54, 1.807) is 11.3 Å². The van der Waals surface area contributed by atoms with E-state index < -0.39 is 0 Å². The molecule has 1 N–H and O–H groups in total. The largest absolute Gasteiger partial charge is 0.487 e. The number of aromatic nitrogens is 1. The molecule has 0 radical (unpaired) electrons. The van der Waals surface area contributed by atoms with Gasteiger partial charge in [-0.05, 0) is 63.9 Å². The molecule has 1 saturated heterocycles. The first-order chi connectivity index (χ1) is 13.1. The third kappa shape index (κ3) is 6.04.